The van der Waals surface area contributed by atoms with E-state index in [-0.39, 0.29) is 32.7 Å². The predicted molar refractivity (Wildman–Crippen MR) is 80.2 cm³/mol. The molecule has 21 heavy (non-hydrogen) atoms. The number of nitrogens with zero attached hydrogens (tertiary/aromatic N) is 2. The van der Waals surface area contributed by atoms with E-state index in [0.29, 0.717) is 0 Å². The fraction of sp³-hybridized carbons (Fsp3) is 0. The normalized spacial score (nSPS) is 10.5. The molecule has 0 N–H and O–H groups in total. The number of hydrogen-bond acceptors (Lipinski definition) is 2. The molecule has 0 amide bonds. The van der Waals surface area contributed by atoms with Gasteiger partial charge in [-0.25, -0.2) is 5.56 Å². The van der Waals surface area contributed by atoms with Crippen LogP contribution < -0.4 is 0 Å². The molecule has 2 heterocycles. The third-order valence-electron chi connectivity index (χ3n) is 3.37. The molecule has 0 bridgehead atoms. The van der Waals surface area contributed by atoms with Gasteiger partial charge >= 0.3 is 0 Å². The van der Waals surface area contributed by atoms with Crippen molar-refractivity contribution in [1.29, 1.82) is 0 Å². The Morgan fingerprint density at radius 1 is 0.905 bits per heavy atom. The summed E-state index contributed by atoms with van der Waals surface area (Å²) in [5.41, 5.74) is 3.75. The summed E-state index contributed by atoms with van der Waals surface area (Å²) >= 11 is 0. The average Bonchev–Trinajstić information content (AvgIpc) is 2.54. The molecule has 2 aromatic heterocycles. The Hall–Kier alpha value is -1.64. The van der Waals surface area contributed by atoms with E-state index < -0.39 is 0 Å². The van der Waals surface area contributed by atoms with E-state index in [1.807, 2.05) is 42.5 Å². The van der Waals surface area contributed by atoms with E-state index in [1.165, 1.54) is 0 Å². The Balaban J connectivity index is 0.00000132. The third kappa shape index (κ3) is 2.62. The largest absolute Gasteiger partial charge is 0.362 e. The number of pyridine rings is 2. The monoisotopic (exact) mass is 343 g/mol. The number of hydrogen-bond donors (Lipinski definition) is 0. The van der Waals surface area contributed by atoms with Crippen molar-refractivity contribution >= 4 is 21.8 Å². The van der Waals surface area contributed by atoms with Crippen LogP contribution in [-0.2, 0) is 32.7 Å². The molecule has 0 unspecified atom stereocenters. The van der Waals surface area contributed by atoms with Crippen molar-refractivity contribution in [3.05, 3.63) is 73.1 Å². The van der Waals surface area contributed by atoms with Crippen LogP contribution in [0.1, 0.15) is 0 Å². The van der Waals surface area contributed by atoms with Crippen LogP contribution in [0.25, 0.3) is 32.9 Å². The molecule has 0 aliphatic carbocycles. The van der Waals surface area contributed by atoms with Gasteiger partial charge in [0.1, 0.15) is 0 Å². The molecule has 3 heteroatoms. The first-order valence-corrected chi connectivity index (χ1v) is 6.45. The second-order valence-electron chi connectivity index (χ2n) is 4.63. The zero-order chi connectivity index (χ0) is 13.4. The van der Waals surface area contributed by atoms with Crippen LogP contribution in [0.5, 0.6) is 0 Å². The van der Waals surface area contributed by atoms with Crippen molar-refractivity contribution in [2.24, 2.45) is 0 Å². The minimum atomic E-state index is 0. The predicted octanol–water partition coefficient (Wildman–Crippen LogP) is 4.05. The quantitative estimate of drug-likeness (QED) is 0.488. The van der Waals surface area contributed by atoms with Gasteiger partial charge in [-0.05, 0) is 11.6 Å². The van der Waals surface area contributed by atoms with Gasteiger partial charge in [-0.3, -0.25) is 0 Å². The van der Waals surface area contributed by atoms with E-state index in [9.17, 15) is 0 Å². The Morgan fingerprint density at radius 2 is 1.76 bits per heavy atom. The molecule has 4 rings (SSSR count). The number of rotatable bonds is 1. The van der Waals surface area contributed by atoms with Gasteiger partial charge in [0.15, 0.2) is 0 Å². The summed E-state index contributed by atoms with van der Waals surface area (Å²) in [6.45, 7) is 0. The Labute approximate surface area is 148 Å². The van der Waals surface area contributed by atoms with Crippen LogP contribution in [0.2, 0.25) is 0 Å². The molecule has 2 nitrogen and oxygen atoms in total. The molecular weight excluding hydrogens is 333 g/mol. The molecular formula is C18H10N2Y-2. The molecule has 2 aromatic carbocycles. The molecule has 0 fully saturated rings. The van der Waals surface area contributed by atoms with E-state index in [1.54, 1.807) is 6.20 Å². The third-order valence-corrected chi connectivity index (χ3v) is 3.37. The van der Waals surface area contributed by atoms with Crippen molar-refractivity contribution < 1.29 is 32.7 Å². The molecule has 0 spiro atoms. The fourth-order valence-corrected chi connectivity index (χ4v) is 2.40. The van der Waals surface area contributed by atoms with Crippen LogP contribution in [0, 0.1) is 12.3 Å². The van der Waals surface area contributed by atoms with Crippen molar-refractivity contribution in [2.45, 2.75) is 0 Å². The topological polar surface area (TPSA) is 25.8 Å². The first-order chi connectivity index (χ1) is 9.92. The minimum Gasteiger partial charge on any atom is -0.362 e. The summed E-state index contributed by atoms with van der Waals surface area (Å²) in [7, 11) is 0. The first-order valence-electron chi connectivity index (χ1n) is 6.45. The van der Waals surface area contributed by atoms with Gasteiger partial charge in [0, 0.05) is 38.9 Å². The summed E-state index contributed by atoms with van der Waals surface area (Å²) in [6.07, 6.45) is 4.90. The van der Waals surface area contributed by atoms with Crippen molar-refractivity contribution in [1.82, 2.24) is 9.97 Å². The average molecular weight is 343 g/mol. The van der Waals surface area contributed by atoms with Crippen LogP contribution in [0.3, 0.4) is 0 Å². The van der Waals surface area contributed by atoms with Gasteiger partial charge in [0.2, 0.25) is 0 Å². The van der Waals surface area contributed by atoms with E-state index >= 15 is 0 Å². The summed E-state index contributed by atoms with van der Waals surface area (Å²) in [6, 6.07) is 21.3. The number of fused-ring (bicyclic) bond motifs is 2. The first kappa shape index (κ1) is 14.3. The molecule has 0 atom stereocenters. The maximum atomic E-state index is 4.46. The summed E-state index contributed by atoms with van der Waals surface area (Å²) < 4.78 is 0. The molecule has 97 valence electrons. The smallest absolute Gasteiger partial charge is 0.0151 e. The van der Waals surface area contributed by atoms with Crippen LogP contribution in [-0.4, -0.2) is 9.97 Å². The molecule has 1 radical (unpaired) electrons. The van der Waals surface area contributed by atoms with E-state index in [2.05, 4.69) is 34.4 Å². The van der Waals surface area contributed by atoms with Gasteiger partial charge in [0.25, 0.3) is 0 Å². The zero-order valence-electron chi connectivity index (χ0n) is 11.2. The van der Waals surface area contributed by atoms with Gasteiger partial charge in [-0.15, -0.1) is 6.07 Å². The molecule has 0 saturated carbocycles. The van der Waals surface area contributed by atoms with E-state index in [4.69, 9.17) is 0 Å². The number of benzene rings is 2. The summed E-state index contributed by atoms with van der Waals surface area (Å²) in [5, 5.41) is 2.20. The van der Waals surface area contributed by atoms with Crippen LogP contribution in [0.4, 0.5) is 0 Å². The van der Waals surface area contributed by atoms with Crippen LogP contribution in [0.15, 0.2) is 60.8 Å². The molecule has 0 aliphatic rings. The Morgan fingerprint density at radius 3 is 2.71 bits per heavy atom. The van der Waals surface area contributed by atoms with Gasteiger partial charge in [-0.1, -0.05) is 52.8 Å². The maximum Gasteiger partial charge on any atom is 0.0151 e. The molecule has 0 aliphatic heterocycles. The standard InChI is InChI=1S/C18H10N2.Y/c1-2-9-17-14(5-1)11-15(12-20-17)16-8-3-6-13-7-4-10-19-18(13)16;/h1-7,9-11H;/q-2;. The van der Waals surface area contributed by atoms with Gasteiger partial charge in [-0.2, -0.15) is 23.8 Å². The fourth-order valence-electron chi connectivity index (χ4n) is 2.40. The van der Waals surface area contributed by atoms with Gasteiger partial charge < -0.3 is 9.97 Å². The van der Waals surface area contributed by atoms with Crippen molar-refractivity contribution in [2.75, 3.05) is 0 Å². The van der Waals surface area contributed by atoms with Crippen molar-refractivity contribution in [3.8, 4) is 11.1 Å². The maximum absolute atomic E-state index is 4.46. The second kappa shape index (κ2) is 6.01. The Bertz CT molecular complexity index is 913. The minimum absolute atomic E-state index is 0. The molecule has 0 saturated heterocycles. The van der Waals surface area contributed by atoms with E-state index in [0.717, 1.165) is 32.9 Å². The SMILES string of the molecule is [Y].[c-]1nc2ccccc2cc1-c1[c-]ccc2cccnc12. The summed E-state index contributed by atoms with van der Waals surface area (Å²) in [4.78, 5) is 8.85. The number of para-hydroxylation sites is 1. The van der Waals surface area contributed by atoms with Gasteiger partial charge in [0.05, 0.1) is 0 Å². The molecule has 4 aromatic rings. The Kier molecular flexibility index (Phi) is 4.09. The van der Waals surface area contributed by atoms with Crippen LogP contribution >= 0.6 is 0 Å². The van der Waals surface area contributed by atoms with Crippen molar-refractivity contribution in [3.63, 3.8) is 0 Å². The zero-order valence-corrected chi connectivity index (χ0v) is 14.1. The summed E-state index contributed by atoms with van der Waals surface area (Å²) in [5.74, 6) is 0. The second-order valence-corrected chi connectivity index (χ2v) is 4.63. The number of aromatic nitrogens is 2.